The fourth-order valence-electron chi connectivity index (χ4n) is 3.88. The van der Waals surface area contributed by atoms with Crippen molar-refractivity contribution >= 4 is 11.7 Å². The van der Waals surface area contributed by atoms with Crippen molar-refractivity contribution in [1.29, 1.82) is 0 Å². The maximum Gasteiger partial charge on any atom is 0.278 e. The number of methoxy groups -OCH3 is 3. The third kappa shape index (κ3) is 2.23. The lowest BCUT2D eigenvalue weighted by Gasteiger charge is -2.47. The molecule has 1 aromatic carbocycles. The molecule has 24 heavy (non-hydrogen) atoms. The minimum absolute atomic E-state index is 0.0354. The summed E-state index contributed by atoms with van der Waals surface area (Å²) in [5, 5.41) is 1.18. The van der Waals surface area contributed by atoms with Crippen molar-refractivity contribution in [3.05, 3.63) is 29.3 Å². The van der Waals surface area contributed by atoms with Gasteiger partial charge in [0.25, 0.3) is 5.91 Å². The third-order valence-corrected chi connectivity index (χ3v) is 4.99. The molecule has 2 bridgehead atoms. The number of ether oxygens (including phenoxy) is 3. The van der Waals surface area contributed by atoms with Crippen LogP contribution in [0.1, 0.15) is 34.7 Å². The molecule has 1 aromatic rings. The molecule has 1 heterocycles. The van der Waals surface area contributed by atoms with Crippen molar-refractivity contribution < 1.29 is 28.6 Å². The van der Waals surface area contributed by atoms with E-state index in [9.17, 15) is 9.59 Å². The zero-order valence-corrected chi connectivity index (χ0v) is 14.2. The summed E-state index contributed by atoms with van der Waals surface area (Å²) in [5.41, 5.74) is 1.12. The van der Waals surface area contributed by atoms with E-state index < -0.39 is 17.7 Å². The molecule has 0 radical (unpaired) electrons. The lowest BCUT2D eigenvalue weighted by Crippen LogP contribution is -2.61. The van der Waals surface area contributed by atoms with Crippen molar-refractivity contribution in [3.63, 3.8) is 0 Å². The Morgan fingerprint density at radius 2 is 1.79 bits per heavy atom. The molecule has 2 atom stereocenters. The van der Waals surface area contributed by atoms with E-state index >= 15 is 0 Å². The van der Waals surface area contributed by atoms with Gasteiger partial charge < -0.3 is 14.2 Å². The van der Waals surface area contributed by atoms with Crippen LogP contribution < -0.4 is 4.74 Å². The van der Waals surface area contributed by atoms with Crippen LogP contribution in [0, 0.1) is 0 Å². The summed E-state index contributed by atoms with van der Waals surface area (Å²) in [6.07, 6.45) is 0.352. The number of ketones is 1. The van der Waals surface area contributed by atoms with Crippen molar-refractivity contribution in [3.8, 4) is 5.75 Å². The first-order valence-electron chi connectivity index (χ1n) is 7.70. The van der Waals surface area contributed by atoms with E-state index in [1.165, 1.54) is 33.5 Å². The molecule has 0 N–H and O–H groups in total. The Balaban J connectivity index is 2.28. The molecule has 3 rings (SSSR count). The Labute approximate surface area is 140 Å². The summed E-state index contributed by atoms with van der Waals surface area (Å²) in [4.78, 5) is 30.7. The summed E-state index contributed by atoms with van der Waals surface area (Å²) in [5.74, 6) is -1.31. The molecule has 0 aromatic heterocycles. The highest BCUT2D eigenvalue weighted by atomic mass is 16.7. The Morgan fingerprint density at radius 1 is 1.08 bits per heavy atom. The van der Waals surface area contributed by atoms with Crippen molar-refractivity contribution in [1.82, 2.24) is 5.06 Å². The molecule has 1 fully saturated rings. The van der Waals surface area contributed by atoms with Crippen LogP contribution in [-0.4, -0.2) is 57.0 Å². The predicted molar refractivity (Wildman–Crippen MR) is 83.7 cm³/mol. The molecule has 0 unspecified atom stereocenters. The minimum atomic E-state index is -1.15. The largest absolute Gasteiger partial charge is 0.497 e. The van der Waals surface area contributed by atoms with Gasteiger partial charge in [0, 0.05) is 38.5 Å². The molecule has 1 saturated carbocycles. The molecule has 130 valence electrons. The lowest BCUT2D eigenvalue weighted by atomic mass is 9.75. The van der Waals surface area contributed by atoms with Gasteiger partial charge in [-0.05, 0) is 17.7 Å². The number of carbonyl (C=O) groups excluding carboxylic acids is 2. The Kier molecular flexibility index (Phi) is 4.33. The minimum Gasteiger partial charge on any atom is -0.497 e. The number of nitrogens with zero attached hydrogens (tertiary/aromatic N) is 1. The maximum atomic E-state index is 13.0. The molecule has 2 aliphatic rings. The lowest BCUT2D eigenvalue weighted by molar-refractivity contribution is -0.292. The molecule has 0 saturated heterocycles. The average molecular weight is 335 g/mol. The maximum absolute atomic E-state index is 13.0. The zero-order chi connectivity index (χ0) is 17.5. The van der Waals surface area contributed by atoms with E-state index in [0.29, 0.717) is 16.9 Å². The Morgan fingerprint density at radius 3 is 2.38 bits per heavy atom. The van der Waals surface area contributed by atoms with Gasteiger partial charge in [-0.3, -0.25) is 14.4 Å². The molecule has 7 nitrogen and oxygen atoms in total. The van der Waals surface area contributed by atoms with E-state index in [0.717, 1.165) is 0 Å². The normalized spacial score (nSPS) is 25.2. The van der Waals surface area contributed by atoms with Gasteiger partial charge in [-0.25, -0.2) is 5.06 Å². The summed E-state index contributed by atoms with van der Waals surface area (Å²) >= 11 is 0. The molecule has 1 amide bonds. The highest BCUT2D eigenvalue weighted by molar-refractivity contribution is 5.98. The summed E-state index contributed by atoms with van der Waals surface area (Å²) in [6, 6.07) is 4.54. The number of amides is 1. The van der Waals surface area contributed by atoms with E-state index in [-0.39, 0.29) is 24.5 Å². The van der Waals surface area contributed by atoms with Crippen LogP contribution in [0.2, 0.25) is 0 Å². The number of hydroxylamine groups is 2. The van der Waals surface area contributed by atoms with Crippen LogP contribution in [0.25, 0.3) is 0 Å². The van der Waals surface area contributed by atoms with E-state index in [2.05, 4.69) is 0 Å². The third-order valence-electron chi connectivity index (χ3n) is 4.99. The van der Waals surface area contributed by atoms with Crippen LogP contribution in [0.15, 0.2) is 18.2 Å². The number of fused-ring (bicyclic) bond motifs is 4. The SMILES string of the molecule is COc1ccc2c(c1)C(=O)N(OC)[C@H]1CC(=O)C[C@@H]2C1(OC)OC. The molecule has 0 spiro atoms. The van der Waals surface area contributed by atoms with Crippen molar-refractivity contribution in [2.75, 3.05) is 28.4 Å². The van der Waals surface area contributed by atoms with E-state index in [1.807, 2.05) is 0 Å². The molecular formula is C17H21NO6. The topological polar surface area (TPSA) is 74.3 Å². The zero-order valence-electron chi connectivity index (χ0n) is 14.2. The average Bonchev–Trinajstić information content (AvgIpc) is 2.65. The van der Waals surface area contributed by atoms with Gasteiger partial charge in [0.2, 0.25) is 0 Å². The standard InChI is InChI=1S/C17H21NO6/c1-21-11-5-6-12-13(9-11)16(20)18(24-4)15-8-10(19)7-14(12)17(15,22-2)23-3/h5-6,9,14-15H,7-8H2,1-4H3/t14-,15-/m0/s1. The number of hydrogen-bond donors (Lipinski definition) is 0. The van der Waals surface area contributed by atoms with Crippen molar-refractivity contribution in [2.24, 2.45) is 0 Å². The van der Waals surface area contributed by atoms with Crippen LogP contribution in [-0.2, 0) is 19.1 Å². The fourth-order valence-corrected chi connectivity index (χ4v) is 3.88. The number of carbonyl (C=O) groups is 2. The number of benzene rings is 1. The van der Waals surface area contributed by atoms with E-state index in [4.69, 9.17) is 19.0 Å². The number of rotatable bonds is 4. The Bertz CT molecular complexity index is 669. The quantitative estimate of drug-likeness (QED) is 0.777. The van der Waals surface area contributed by atoms with E-state index in [1.54, 1.807) is 18.2 Å². The van der Waals surface area contributed by atoms with Gasteiger partial charge in [0.1, 0.15) is 17.6 Å². The van der Waals surface area contributed by atoms with Gasteiger partial charge in [0.15, 0.2) is 5.79 Å². The van der Waals surface area contributed by atoms with Gasteiger partial charge in [-0.1, -0.05) is 6.07 Å². The van der Waals surface area contributed by atoms with Gasteiger partial charge >= 0.3 is 0 Å². The first kappa shape index (κ1) is 16.9. The molecule has 1 aliphatic carbocycles. The second-order valence-electron chi connectivity index (χ2n) is 5.91. The smallest absolute Gasteiger partial charge is 0.278 e. The number of Topliss-reactive ketones (excluding diaryl/α,β-unsaturated/α-hetero) is 1. The highest BCUT2D eigenvalue weighted by Gasteiger charge is 2.58. The molecular weight excluding hydrogens is 314 g/mol. The predicted octanol–water partition coefficient (Wildman–Crippen LogP) is 1.52. The molecule has 1 aliphatic heterocycles. The summed E-state index contributed by atoms with van der Waals surface area (Å²) in [6.45, 7) is 0. The Hall–Kier alpha value is -1.96. The molecule has 7 heteroatoms. The monoisotopic (exact) mass is 335 g/mol. The number of hydrogen-bond acceptors (Lipinski definition) is 6. The highest BCUT2D eigenvalue weighted by Crippen LogP contribution is 2.48. The first-order chi connectivity index (χ1) is 11.5. The van der Waals surface area contributed by atoms with Crippen LogP contribution in [0.4, 0.5) is 0 Å². The van der Waals surface area contributed by atoms with Crippen LogP contribution in [0.3, 0.4) is 0 Å². The second kappa shape index (κ2) is 6.16. The van der Waals surface area contributed by atoms with Gasteiger partial charge in [-0.2, -0.15) is 0 Å². The van der Waals surface area contributed by atoms with Gasteiger partial charge in [-0.15, -0.1) is 0 Å². The van der Waals surface area contributed by atoms with Crippen LogP contribution >= 0.6 is 0 Å². The summed E-state index contributed by atoms with van der Waals surface area (Å²) < 4.78 is 16.7. The van der Waals surface area contributed by atoms with Crippen LogP contribution in [0.5, 0.6) is 5.75 Å². The first-order valence-corrected chi connectivity index (χ1v) is 7.70. The van der Waals surface area contributed by atoms with Gasteiger partial charge in [0.05, 0.1) is 14.2 Å². The fraction of sp³-hybridized carbons (Fsp3) is 0.529. The second-order valence-corrected chi connectivity index (χ2v) is 5.91. The van der Waals surface area contributed by atoms with Crippen molar-refractivity contribution in [2.45, 2.75) is 30.6 Å². The summed E-state index contributed by atoms with van der Waals surface area (Å²) in [7, 11) is 5.97.